The molecular weight excluding hydrogens is 378 g/mol. The standard InChI is InChI=1S/C25H33NO4/c1-3-5-6-7-8-9-10-19-11-14-21(15-12-19)30-25(29,17-4-2)24(28)20-13-16-22(26)23(27)18-20/h4,11-18,27,29H,3,5-10,26H2,1-2H3. The molecule has 0 aliphatic heterocycles. The maximum absolute atomic E-state index is 12.9. The molecule has 0 radical (unpaired) electrons. The zero-order valence-electron chi connectivity index (χ0n) is 17.9. The molecule has 1 unspecified atom stereocenters. The molecule has 2 aromatic carbocycles. The Morgan fingerprint density at radius 1 is 1.07 bits per heavy atom. The number of carbonyl (C=O) groups is 1. The third-order valence-corrected chi connectivity index (χ3v) is 5.03. The number of aromatic hydroxyl groups is 1. The van der Waals surface area contributed by atoms with Crippen molar-refractivity contribution in [1.82, 2.24) is 0 Å². The van der Waals surface area contributed by atoms with Crippen LogP contribution in [0.4, 0.5) is 5.69 Å². The van der Waals surface area contributed by atoms with Gasteiger partial charge in [-0.25, -0.2) is 0 Å². The third-order valence-electron chi connectivity index (χ3n) is 5.03. The Bertz CT molecular complexity index is 845. The number of anilines is 1. The quantitative estimate of drug-likeness (QED) is 0.109. The molecule has 0 bridgehead atoms. The van der Waals surface area contributed by atoms with Crippen LogP contribution in [0, 0.1) is 0 Å². The lowest BCUT2D eigenvalue weighted by atomic mass is 10.0. The van der Waals surface area contributed by atoms with Crippen LogP contribution in [0.5, 0.6) is 11.5 Å². The van der Waals surface area contributed by atoms with Crippen molar-refractivity contribution < 1.29 is 19.7 Å². The molecule has 0 spiro atoms. The summed E-state index contributed by atoms with van der Waals surface area (Å²) in [6.45, 7) is 3.90. The largest absolute Gasteiger partial charge is 0.506 e. The predicted molar refractivity (Wildman–Crippen MR) is 121 cm³/mol. The Labute approximate surface area is 179 Å². The molecule has 0 aliphatic carbocycles. The highest BCUT2D eigenvalue weighted by atomic mass is 16.6. The second-order valence-corrected chi connectivity index (χ2v) is 7.56. The molecule has 0 heterocycles. The number of nitrogen functional groups attached to an aromatic ring is 1. The molecule has 162 valence electrons. The van der Waals surface area contributed by atoms with Gasteiger partial charge in [-0.15, -0.1) is 0 Å². The highest BCUT2D eigenvalue weighted by Gasteiger charge is 2.36. The van der Waals surface area contributed by atoms with Crippen LogP contribution < -0.4 is 10.5 Å². The van der Waals surface area contributed by atoms with Crippen molar-refractivity contribution in [1.29, 1.82) is 0 Å². The Hall–Kier alpha value is -2.79. The van der Waals surface area contributed by atoms with Gasteiger partial charge in [0.2, 0.25) is 5.78 Å². The highest BCUT2D eigenvalue weighted by molar-refractivity contribution is 6.03. The fourth-order valence-electron chi connectivity index (χ4n) is 3.29. The number of hydrogen-bond donors (Lipinski definition) is 3. The molecule has 0 amide bonds. The SMILES string of the molecule is CC=CC(O)(Oc1ccc(CCCCCCCC)cc1)C(=O)c1ccc(N)c(O)c1. The van der Waals surface area contributed by atoms with Crippen LogP contribution in [0.25, 0.3) is 0 Å². The van der Waals surface area contributed by atoms with E-state index in [0.717, 1.165) is 12.8 Å². The number of ketones is 1. The summed E-state index contributed by atoms with van der Waals surface area (Å²) in [5.41, 5.74) is 7.04. The van der Waals surface area contributed by atoms with Gasteiger partial charge in [0.15, 0.2) is 0 Å². The van der Waals surface area contributed by atoms with Crippen molar-refractivity contribution in [3.63, 3.8) is 0 Å². The molecule has 0 aromatic heterocycles. The van der Waals surface area contributed by atoms with E-state index in [1.807, 2.05) is 12.1 Å². The van der Waals surface area contributed by atoms with Gasteiger partial charge in [0, 0.05) is 5.56 Å². The Morgan fingerprint density at radius 3 is 2.37 bits per heavy atom. The summed E-state index contributed by atoms with van der Waals surface area (Å²) < 4.78 is 5.66. The van der Waals surface area contributed by atoms with E-state index in [9.17, 15) is 15.0 Å². The number of rotatable bonds is 12. The zero-order chi connectivity index (χ0) is 22.0. The molecule has 5 nitrogen and oxygen atoms in total. The van der Waals surface area contributed by atoms with E-state index in [4.69, 9.17) is 10.5 Å². The highest BCUT2D eigenvalue weighted by Crippen LogP contribution is 2.27. The van der Waals surface area contributed by atoms with Gasteiger partial charge in [0.1, 0.15) is 11.5 Å². The molecule has 0 fully saturated rings. The Kier molecular flexibility index (Phi) is 8.93. The van der Waals surface area contributed by atoms with Gasteiger partial charge in [-0.05, 0) is 61.7 Å². The molecule has 30 heavy (non-hydrogen) atoms. The normalized spacial score (nSPS) is 13.3. The lowest BCUT2D eigenvalue weighted by Crippen LogP contribution is -2.42. The van der Waals surface area contributed by atoms with Crippen molar-refractivity contribution in [2.75, 3.05) is 5.73 Å². The summed E-state index contributed by atoms with van der Waals surface area (Å²) in [6, 6.07) is 11.5. The van der Waals surface area contributed by atoms with Gasteiger partial charge in [-0.2, -0.15) is 0 Å². The van der Waals surface area contributed by atoms with Gasteiger partial charge >= 0.3 is 0 Å². The number of nitrogens with two attached hydrogens (primary N) is 1. The molecular formula is C25H33NO4. The first kappa shape index (κ1) is 23.5. The summed E-state index contributed by atoms with van der Waals surface area (Å²) in [5, 5.41) is 20.7. The maximum atomic E-state index is 12.9. The maximum Gasteiger partial charge on any atom is 0.292 e. The number of aliphatic hydroxyl groups is 1. The number of phenolic OH excluding ortho intramolecular Hbond substituents is 1. The van der Waals surface area contributed by atoms with Crippen LogP contribution in [0.15, 0.2) is 54.6 Å². The second-order valence-electron chi connectivity index (χ2n) is 7.56. The van der Waals surface area contributed by atoms with Crippen molar-refractivity contribution in [2.24, 2.45) is 0 Å². The van der Waals surface area contributed by atoms with E-state index >= 15 is 0 Å². The first-order valence-electron chi connectivity index (χ1n) is 10.7. The first-order valence-corrected chi connectivity index (χ1v) is 10.7. The van der Waals surface area contributed by atoms with Crippen molar-refractivity contribution in [3.05, 3.63) is 65.7 Å². The Morgan fingerprint density at radius 2 is 1.73 bits per heavy atom. The number of allylic oxidation sites excluding steroid dienone is 1. The minimum Gasteiger partial charge on any atom is -0.506 e. The molecule has 0 saturated heterocycles. The summed E-state index contributed by atoms with van der Waals surface area (Å²) in [6.07, 6.45) is 11.3. The van der Waals surface area contributed by atoms with Gasteiger partial charge in [0.05, 0.1) is 5.69 Å². The van der Waals surface area contributed by atoms with E-state index in [1.54, 1.807) is 25.1 Å². The number of ether oxygens (including phenoxy) is 1. The first-order chi connectivity index (χ1) is 14.4. The minimum atomic E-state index is -2.18. The zero-order valence-corrected chi connectivity index (χ0v) is 17.9. The van der Waals surface area contributed by atoms with E-state index in [0.29, 0.717) is 5.75 Å². The topological polar surface area (TPSA) is 92.8 Å². The average molecular weight is 412 g/mol. The average Bonchev–Trinajstić information content (AvgIpc) is 2.73. The number of phenols is 1. The van der Waals surface area contributed by atoms with Crippen molar-refractivity contribution in [3.8, 4) is 11.5 Å². The number of aryl methyl sites for hydroxylation is 1. The van der Waals surface area contributed by atoms with Gasteiger partial charge < -0.3 is 20.7 Å². The van der Waals surface area contributed by atoms with Crippen molar-refractivity contribution in [2.45, 2.75) is 64.6 Å². The van der Waals surface area contributed by atoms with Crippen LogP contribution in [0.2, 0.25) is 0 Å². The molecule has 0 aliphatic rings. The minimum absolute atomic E-state index is 0.0991. The molecule has 2 rings (SSSR count). The van der Waals surface area contributed by atoms with Gasteiger partial charge in [-0.1, -0.05) is 57.2 Å². The monoisotopic (exact) mass is 411 g/mol. The van der Waals surface area contributed by atoms with Crippen LogP contribution in [0.1, 0.15) is 68.3 Å². The fourth-order valence-corrected chi connectivity index (χ4v) is 3.29. The summed E-state index contributed by atoms with van der Waals surface area (Å²) in [5.74, 6) is -2.71. The van der Waals surface area contributed by atoms with Crippen LogP contribution in [-0.4, -0.2) is 21.8 Å². The van der Waals surface area contributed by atoms with Gasteiger partial charge in [0.25, 0.3) is 5.79 Å². The molecule has 0 saturated carbocycles. The number of unbranched alkanes of at least 4 members (excludes halogenated alkanes) is 5. The molecule has 1 atom stereocenters. The predicted octanol–water partition coefficient (Wildman–Crippen LogP) is 5.40. The van der Waals surface area contributed by atoms with Gasteiger partial charge in [-0.3, -0.25) is 4.79 Å². The van der Waals surface area contributed by atoms with E-state index in [-0.39, 0.29) is 17.0 Å². The van der Waals surface area contributed by atoms with Crippen LogP contribution in [-0.2, 0) is 6.42 Å². The fraction of sp³-hybridized carbons (Fsp3) is 0.400. The molecule has 4 N–H and O–H groups in total. The van der Waals surface area contributed by atoms with Crippen LogP contribution in [0.3, 0.4) is 0 Å². The van der Waals surface area contributed by atoms with E-state index in [1.165, 1.54) is 61.9 Å². The number of carbonyl (C=O) groups excluding carboxylic acids is 1. The number of hydrogen-bond acceptors (Lipinski definition) is 5. The summed E-state index contributed by atoms with van der Waals surface area (Å²) >= 11 is 0. The molecule has 2 aromatic rings. The summed E-state index contributed by atoms with van der Waals surface area (Å²) in [7, 11) is 0. The van der Waals surface area contributed by atoms with E-state index < -0.39 is 11.6 Å². The summed E-state index contributed by atoms with van der Waals surface area (Å²) in [4.78, 5) is 12.9. The molecule has 5 heteroatoms. The smallest absolute Gasteiger partial charge is 0.292 e. The number of benzene rings is 2. The lowest BCUT2D eigenvalue weighted by Gasteiger charge is -2.24. The van der Waals surface area contributed by atoms with Crippen LogP contribution >= 0.6 is 0 Å². The lowest BCUT2D eigenvalue weighted by molar-refractivity contribution is -0.0629. The third kappa shape index (κ3) is 6.63. The van der Waals surface area contributed by atoms with Crippen molar-refractivity contribution >= 4 is 11.5 Å². The Balaban J connectivity index is 2.03. The second kappa shape index (κ2) is 11.4. The van der Waals surface area contributed by atoms with E-state index in [2.05, 4.69) is 6.92 Å². The number of Topliss-reactive ketones (excluding diaryl/α,β-unsaturated/α-hetero) is 1.